The quantitative estimate of drug-likeness (QED) is 0.789. The topological polar surface area (TPSA) is 43.1 Å². The number of benzene rings is 2. The lowest BCUT2D eigenvalue weighted by atomic mass is 10.2. The second-order valence-electron chi connectivity index (χ2n) is 3.82. The second kappa shape index (κ2) is 8.29. The summed E-state index contributed by atoms with van der Waals surface area (Å²) in [5, 5.41) is 0.00378. The summed E-state index contributed by atoms with van der Waals surface area (Å²) in [4.78, 5) is 10.4. The molecular weight excluding hydrogens is 343 g/mol. The molecule has 0 aliphatic rings. The smallest absolute Gasteiger partial charge is 0.258 e. The van der Waals surface area contributed by atoms with Gasteiger partial charge >= 0.3 is 0 Å². The molecule has 0 saturated heterocycles. The van der Waals surface area contributed by atoms with E-state index < -0.39 is 22.4 Å². The van der Waals surface area contributed by atoms with Crippen LogP contribution in [0.3, 0.4) is 0 Å². The van der Waals surface area contributed by atoms with Crippen LogP contribution in [0.1, 0.15) is 15.9 Å². The maximum Gasteiger partial charge on any atom is 0.258 e. The normalized spacial score (nSPS) is 9.81. The molecular formula is C14H10Cl3F2NO. The van der Waals surface area contributed by atoms with Gasteiger partial charge in [0, 0.05) is 6.54 Å². The van der Waals surface area contributed by atoms with Crippen LogP contribution in [-0.4, -0.2) is 5.24 Å². The second-order valence-corrected chi connectivity index (χ2v) is 4.98. The van der Waals surface area contributed by atoms with Crippen LogP contribution in [-0.2, 0) is 6.54 Å². The Morgan fingerprint density at radius 1 is 1.05 bits per heavy atom. The third kappa shape index (κ3) is 5.25. The molecule has 0 spiro atoms. The van der Waals surface area contributed by atoms with E-state index in [2.05, 4.69) is 0 Å². The lowest BCUT2D eigenvalue weighted by molar-refractivity contribution is 0.107. The summed E-state index contributed by atoms with van der Waals surface area (Å²) < 4.78 is 25.1. The minimum Gasteiger partial charge on any atom is -0.326 e. The SMILES string of the molecule is NCc1ccc(Cl)c(Cl)c1.O=C(Cl)c1c(F)cccc1F. The van der Waals surface area contributed by atoms with E-state index in [0.29, 0.717) is 16.6 Å². The Morgan fingerprint density at radius 3 is 2.00 bits per heavy atom. The van der Waals surface area contributed by atoms with E-state index in [9.17, 15) is 13.6 Å². The summed E-state index contributed by atoms with van der Waals surface area (Å²) >= 11 is 16.3. The average Bonchev–Trinajstić information content (AvgIpc) is 2.42. The first-order chi connectivity index (χ1) is 9.86. The zero-order valence-corrected chi connectivity index (χ0v) is 12.8. The molecule has 7 heteroatoms. The largest absolute Gasteiger partial charge is 0.326 e. The third-order valence-electron chi connectivity index (χ3n) is 2.38. The van der Waals surface area contributed by atoms with E-state index in [0.717, 1.165) is 23.8 Å². The van der Waals surface area contributed by atoms with Crippen LogP contribution in [0.4, 0.5) is 8.78 Å². The Hall–Kier alpha value is -1.20. The van der Waals surface area contributed by atoms with Crippen LogP contribution < -0.4 is 5.73 Å². The molecule has 0 atom stereocenters. The highest BCUT2D eigenvalue weighted by molar-refractivity contribution is 6.67. The molecule has 2 aromatic rings. The minimum atomic E-state index is -1.12. The molecule has 2 aromatic carbocycles. The van der Waals surface area contributed by atoms with Gasteiger partial charge in [-0.05, 0) is 41.4 Å². The fourth-order valence-electron chi connectivity index (χ4n) is 1.35. The van der Waals surface area contributed by atoms with Gasteiger partial charge in [-0.2, -0.15) is 0 Å². The Labute approximate surface area is 135 Å². The van der Waals surface area contributed by atoms with Crippen molar-refractivity contribution >= 4 is 40.0 Å². The Balaban J connectivity index is 0.000000211. The molecule has 0 heterocycles. The fraction of sp³-hybridized carbons (Fsp3) is 0.0714. The maximum atomic E-state index is 12.6. The Bertz CT molecular complexity index is 630. The minimum absolute atomic E-state index is 0.497. The number of hydrogen-bond acceptors (Lipinski definition) is 2. The maximum absolute atomic E-state index is 12.6. The summed E-state index contributed by atoms with van der Waals surface area (Å²) in [5.74, 6) is -1.88. The summed E-state index contributed by atoms with van der Waals surface area (Å²) in [6.45, 7) is 0.497. The predicted molar refractivity (Wildman–Crippen MR) is 80.9 cm³/mol. The van der Waals surface area contributed by atoms with Gasteiger partial charge in [0.05, 0.1) is 10.0 Å². The van der Waals surface area contributed by atoms with Crippen molar-refractivity contribution in [3.8, 4) is 0 Å². The first kappa shape index (κ1) is 17.9. The third-order valence-corrected chi connectivity index (χ3v) is 3.31. The van der Waals surface area contributed by atoms with Crippen LogP contribution in [0.2, 0.25) is 10.0 Å². The van der Waals surface area contributed by atoms with E-state index in [-0.39, 0.29) is 0 Å². The van der Waals surface area contributed by atoms with Gasteiger partial charge in [-0.15, -0.1) is 0 Å². The number of nitrogens with two attached hydrogens (primary N) is 1. The number of halogens is 5. The zero-order chi connectivity index (χ0) is 16.0. The van der Waals surface area contributed by atoms with Gasteiger partial charge in [0.2, 0.25) is 0 Å². The number of hydrogen-bond donors (Lipinski definition) is 1. The van der Waals surface area contributed by atoms with Crippen molar-refractivity contribution in [2.24, 2.45) is 5.73 Å². The monoisotopic (exact) mass is 351 g/mol. The number of carbonyl (C=O) groups excluding carboxylic acids is 1. The number of carbonyl (C=O) groups is 1. The molecule has 0 aliphatic heterocycles. The molecule has 2 rings (SSSR count). The van der Waals surface area contributed by atoms with E-state index in [4.69, 9.17) is 40.5 Å². The molecule has 0 amide bonds. The molecule has 0 fully saturated rings. The van der Waals surface area contributed by atoms with Crippen LogP contribution >= 0.6 is 34.8 Å². The molecule has 0 aliphatic carbocycles. The molecule has 0 bridgehead atoms. The van der Waals surface area contributed by atoms with Gasteiger partial charge in [-0.1, -0.05) is 35.3 Å². The molecule has 0 radical (unpaired) electrons. The van der Waals surface area contributed by atoms with Crippen LogP contribution in [0, 0.1) is 11.6 Å². The lowest BCUT2D eigenvalue weighted by Crippen LogP contribution is -1.98. The van der Waals surface area contributed by atoms with Gasteiger partial charge in [0.1, 0.15) is 17.2 Å². The average molecular weight is 353 g/mol. The van der Waals surface area contributed by atoms with Crippen LogP contribution in [0.25, 0.3) is 0 Å². The van der Waals surface area contributed by atoms with E-state index in [1.807, 2.05) is 6.07 Å². The van der Waals surface area contributed by atoms with E-state index in [1.165, 1.54) is 0 Å². The fourth-order valence-corrected chi connectivity index (χ4v) is 1.85. The summed E-state index contributed by atoms with van der Waals surface area (Å²) in [7, 11) is 0. The highest BCUT2D eigenvalue weighted by Crippen LogP contribution is 2.22. The van der Waals surface area contributed by atoms with Crippen LogP contribution in [0.5, 0.6) is 0 Å². The van der Waals surface area contributed by atoms with Gasteiger partial charge in [-0.25, -0.2) is 8.78 Å². The highest BCUT2D eigenvalue weighted by Gasteiger charge is 2.13. The predicted octanol–water partition coefficient (Wildman–Crippen LogP) is 4.80. The first-order valence-electron chi connectivity index (χ1n) is 5.64. The van der Waals surface area contributed by atoms with E-state index in [1.54, 1.807) is 12.1 Å². The molecule has 21 heavy (non-hydrogen) atoms. The van der Waals surface area contributed by atoms with Gasteiger partial charge < -0.3 is 5.73 Å². The molecule has 2 N–H and O–H groups in total. The van der Waals surface area contributed by atoms with Crippen molar-refractivity contribution in [1.82, 2.24) is 0 Å². The summed E-state index contributed by atoms with van der Waals surface area (Å²) in [5.41, 5.74) is 5.66. The van der Waals surface area contributed by atoms with Crippen LogP contribution in [0.15, 0.2) is 36.4 Å². The van der Waals surface area contributed by atoms with Crippen molar-refractivity contribution < 1.29 is 13.6 Å². The Morgan fingerprint density at radius 2 is 1.62 bits per heavy atom. The molecule has 0 unspecified atom stereocenters. The highest BCUT2D eigenvalue weighted by atomic mass is 35.5. The summed E-state index contributed by atoms with van der Waals surface area (Å²) in [6, 6.07) is 8.47. The summed E-state index contributed by atoms with van der Waals surface area (Å²) in [6.07, 6.45) is 0. The van der Waals surface area contributed by atoms with E-state index >= 15 is 0 Å². The molecule has 0 saturated carbocycles. The van der Waals surface area contributed by atoms with Crippen molar-refractivity contribution in [3.63, 3.8) is 0 Å². The van der Waals surface area contributed by atoms with Gasteiger partial charge in [0.25, 0.3) is 5.24 Å². The molecule has 0 aromatic heterocycles. The molecule has 2 nitrogen and oxygen atoms in total. The Kier molecular flexibility index (Phi) is 7.05. The zero-order valence-electron chi connectivity index (χ0n) is 10.5. The number of rotatable bonds is 2. The van der Waals surface area contributed by atoms with Crippen molar-refractivity contribution in [2.45, 2.75) is 6.54 Å². The standard InChI is InChI=1S/C7H7Cl2N.C7H3ClF2O/c8-6-2-1-5(4-10)3-7(6)9;8-7(11)6-4(9)2-1-3-5(6)10/h1-3H,4,10H2;1-3H. The van der Waals surface area contributed by atoms with Crippen molar-refractivity contribution in [2.75, 3.05) is 0 Å². The first-order valence-corrected chi connectivity index (χ1v) is 6.78. The lowest BCUT2D eigenvalue weighted by Gasteiger charge is -1.97. The van der Waals surface area contributed by atoms with Gasteiger partial charge in [-0.3, -0.25) is 4.79 Å². The van der Waals surface area contributed by atoms with Gasteiger partial charge in [0.15, 0.2) is 0 Å². The van der Waals surface area contributed by atoms with Crippen molar-refractivity contribution in [3.05, 3.63) is 69.2 Å². The molecule has 112 valence electrons. The van der Waals surface area contributed by atoms with Crippen molar-refractivity contribution in [1.29, 1.82) is 0 Å².